The Kier molecular flexibility index (Phi) is 16.2. The first-order valence-corrected chi connectivity index (χ1v) is 1.11. The Morgan fingerprint density at radius 2 is 1.12 bits per heavy atom. The van der Waals surface area contributed by atoms with Gasteiger partial charge >= 0.3 is 63.3 Å². The number of aliphatic carboxylic acids is 2. The van der Waals surface area contributed by atoms with Gasteiger partial charge in [-0.1, -0.05) is 0 Å². The summed E-state index contributed by atoms with van der Waals surface area (Å²) in [7, 11) is 0. The molecule has 0 unspecified atom stereocenters. The third-order valence-electron chi connectivity index (χ3n) is 0.183. The first kappa shape index (κ1) is 16.0. The van der Waals surface area contributed by atoms with Crippen molar-refractivity contribution in [2.75, 3.05) is 0 Å². The molecule has 0 amide bonds. The normalized spacial score (nSPS) is 5.50. The summed E-state index contributed by atoms with van der Waals surface area (Å²) < 4.78 is 0. The molecule has 0 heterocycles. The van der Waals surface area contributed by atoms with Gasteiger partial charge < -0.3 is 10.2 Å². The second-order valence-electron chi connectivity index (χ2n) is 0.610. The van der Waals surface area contributed by atoms with Crippen molar-refractivity contribution in [3.8, 4) is 0 Å². The third kappa shape index (κ3) is 10.2. The van der Waals surface area contributed by atoms with Crippen LogP contribution in [0.4, 0.5) is 0 Å². The van der Waals surface area contributed by atoms with Crippen molar-refractivity contribution < 1.29 is 36.9 Å². The zero-order valence-corrected chi connectivity index (χ0v) is 4.17. The Hall–Kier alpha value is 1.10. The number of carboxylic acid groups (broad SMARTS) is 2. The fourth-order valence-electron chi connectivity index (χ4n) is 0. The zero-order chi connectivity index (χ0) is 5.15. The fourth-order valence-corrected chi connectivity index (χ4v) is 0. The molecule has 0 aliphatic heterocycles. The van der Waals surface area contributed by atoms with Crippen LogP contribution >= 0.6 is 0 Å². The molecule has 4 nitrogen and oxygen atoms in total. The molecule has 0 rings (SSSR count). The summed E-state index contributed by atoms with van der Waals surface area (Å²) in [6.07, 6.45) is 0. The van der Waals surface area contributed by atoms with Crippen molar-refractivity contribution >= 4 is 63.3 Å². The Labute approximate surface area is 98.5 Å². The van der Waals surface area contributed by atoms with Crippen molar-refractivity contribution in [1.82, 2.24) is 0 Å². The molecular weight excluding hydrogens is 183 g/mol. The van der Waals surface area contributed by atoms with Gasteiger partial charge in [-0.15, -0.1) is 0 Å². The molecule has 0 saturated heterocycles. The monoisotopic (exact) mass is 186 g/mol. The quantitative estimate of drug-likeness (QED) is 0.356. The van der Waals surface area contributed by atoms with Crippen LogP contribution in [-0.2, 0) is 26.7 Å². The fraction of sp³-hybridized carbons (Fsp3) is 0. The minimum atomic E-state index is -1.82. The van der Waals surface area contributed by atoms with Crippen molar-refractivity contribution in [1.29, 1.82) is 0 Å². The first-order chi connectivity index (χ1) is 2.64. The number of carboxylic acids is 2. The average molecular weight is 186 g/mol. The third-order valence-corrected chi connectivity index (χ3v) is 0.183. The summed E-state index contributed by atoms with van der Waals surface area (Å²) >= 11 is 0. The van der Waals surface area contributed by atoms with E-state index in [1.54, 1.807) is 0 Å². The van der Waals surface area contributed by atoms with Crippen LogP contribution in [0.2, 0.25) is 0 Å². The second kappa shape index (κ2) is 8.10. The van der Waals surface area contributed by atoms with E-state index in [9.17, 15) is 0 Å². The molecule has 0 aliphatic carbocycles. The van der Waals surface area contributed by atoms with Crippen molar-refractivity contribution in [3.05, 3.63) is 0 Å². The molecule has 44 valence electrons. The molecule has 0 bridgehead atoms. The van der Waals surface area contributed by atoms with Gasteiger partial charge in [-0.05, 0) is 0 Å². The SMILES string of the molecule is O=C(O)C(=O)O.[Fe].[KH]. The summed E-state index contributed by atoms with van der Waals surface area (Å²) in [6, 6.07) is 0. The van der Waals surface area contributed by atoms with E-state index in [1.165, 1.54) is 0 Å². The predicted molar refractivity (Wildman–Crippen MR) is 22.4 cm³/mol. The predicted octanol–water partition coefficient (Wildman–Crippen LogP) is -1.50. The number of hydrogen-bond acceptors (Lipinski definition) is 2. The molecule has 0 spiro atoms. The standard InChI is InChI=1S/C2H2O4.Fe.K.H/c3-1(4)2(5)6;;;/h(H,3,4)(H,5,6);;;. The Morgan fingerprint density at radius 1 is 1.00 bits per heavy atom. The van der Waals surface area contributed by atoms with Crippen LogP contribution < -0.4 is 0 Å². The maximum absolute atomic E-state index is 9.10. The van der Waals surface area contributed by atoms with E-state index in [4.69, 9.17) is 19.8 Å². The van der Waals surface area contributed by atoms with Crippen LogP contribution in [0, 0.1) is 0 Å². The topological polar surface area (TPSA) is 74.6 Å². The molecule has 6 heteroatoms. The van der Waals surface area contributed by atoms with Crippen molar-refractivity contribution in [2.45, 2.75) is 0 Å². The molecule has 0 fully saturated rings. The summed E-state index contributed by atoms with van der Waals surface area (Å²) in [4.78, 5) is 18.2. The van der Waals surface area contributed by atoms with Crippen LogP contribution in [0.3, 0.4) is 0 Å². The molecule has 8 heavy (non-hydrogen) atoms. The Balaban J connectivity index is -0.000000125. The zero-order valence-electron chi connectivity index (χ0n) is 3.06. The molecular formula is C2H3FeKO4. The Bertz CT molecular complexity index is 80.0. The molecule has 0 aromatic rings. The van der Waals surface area contributed by atoms with Crippen molar-refractivity contribution in [3.63, 3.8) is 0 Å². The van der Waals surface area contributed by atoms with Gasteiger partial charge in [0.2, 0.25) is 0 Å². The average Bonchev–Trinajstić information content (AvgIpc) is 1.36. The molecule has 0 aromatic heterocycles. The molecule has 0 aromatic carbocycles. The molecule has 2 N–H and O–H groups in total. The van der Waals surface area contributed by atoms with E-state index in [0.29, 0.717) is 0 Å². The van der Waals surface area contributed by atoms with E-state index in [-0.39, 0.29) is 68.5 Å². The van der Waals surface area contributed by atoms with Crippen LogP contribution in [-0.4, -0.2) is 73.5 Å². The van der Waals surface area contributed by atoms with Gasteiger partial charge in [0.25, 0.3) is 0 Å². The first-order valence-electron chi connectivity index (χ1n) is 1.11. The van der Waals surface area contributed by atoms with E-state index in [0.717, 1.165) is 0 Å². The van der Waals surface area contributed by atoms with Crippen LogP contribution in [0.15, 0.2) is 0 Å². The van der Waals surface area contributed by atoms with E-state index < -0.39 is 11.9 Å². The molecule has 0 radical (unpaired) electrons. The number of carbonyl (C=O) groups is 2. The van der Waals surface area contributed by atoms with Gasteiger partial charge in [-0.3, -0.25) is 0 Å². The Morgan fingerprint density at radius 3 is 1.12 bits per heavy atom. The molecule has 0 aliphatic rings. The van der Waals surface area contributed by atoms with Gasteiger partial charge in [0.15, 0.2) is 0 Å². The van der Waals surface area contributed by atoms with Gasteiger partial charge in [0.1, 0.15) is 0 Å². The van der Waals surface area contributed by atoms with Crippen molar-refractivity contribution in [2.24, 2.45) is 0 Å². The van der Waals surface area contributed by atoms with Gasteiger partial charge in [-0.25, -0.2) is 9.59 Å². The van der Waals surface area contributed by atoms with E-state index in [1.807, 2.05) is 0 Å². The van der Waals surface area contributed by atoms with Gasteiger partial charge in [0.05, 0.1) is 0 Å². The van der Waals surface area contributed by atoms with Gasteiger partial charge in [0, 0.05) is 17.1 Å². The van der Waals surface area contributed by atoms with Crippen LogP contribution in [0.1, 0.15) is 0 Å². The van der Waals surface area contributed by atoms with Crippen LogP contribution in [0.25, 0.3) is 0 Å². The summed E-state index contributed by atoms with van der Waals surface area (Å²) in [5, 5.41) is 14.8. The maximum atomic E-state index is 9.10. The minimum absolute atomic E-state index is 0. The van der Waals surface area contributed by atoms with Crippen LogP contribution in [0.5, 0.6) is 0 Å². The molecule has 0 atom stereocenters. The van der Waals surface area contributed by atoms with E-state index >= 15 is 0 Å². The number of rotatable bonds is 0. The summed E-state index contributed by atoms with van der Waals surface area (Å²) in [6.45, 7) is 0. The van der Waals surface area contributed by atoms with E-state index in [2.05, 4.69) is 0 Å². The summed E-state index contributed by atoms with van der Waals surface area (Å²) in [5.74, 6) is -3.65. The number of hydrogen-bond donors (Lipinski definition) is 2. The second-order valence-corrected chi connectivity index (χ2v) is 0.610. The van der Waals surface area contributed by atoms with Gasteiger partial charge in [-0.2, -0.15) is 0 Å². The summed E-state index contributed by atoms with van der Waals surface area (Å²) in [5.41, 5.74) is 0. The molecule has 0 saturated carbocycles.